The molecule has 2 aromatic rings. The van der Waals surface area contributed by atoms with Crippen LogP contribution in [0, 0.1) is 0 Å². The van der Waals surface area contributed by atoms with E-state index in [1.807, 2.05) is 18.2 Å². The fourth-order valence-electron chi connectivity index (χ4n) is 3.17. The Kier molecular flexibility index (Phi) is 4.52. The van der Waals surface area contributed by atoms with Crippen LogP contribution in [0.5, 0.6) is 0 Å². The maximum Gasteiger partial charge on any atom is 0.317 e. The van der Waals surface area contributed by atoms with E-state index in [2.05, 4.69) is 10.6 Å². The van der Waals surface area contributed by atoms with Crippen molar-refractivity contribution in [3.05, 3.63) is 65.7 Å². The summed E-state index contributed by atoms with van der Waals surface area (Å²) in [7, 11) is 3.02. The second kappa shape index (κ2) is 6.76. The maximum absolute atomic E-state index is 13.1. The van der Waals surface area contributed by atoms with Gasteiger partial charge in [-0.25, -0.2) is 4.79 Å². The van der Waals surface area contributed by atoms with E-state index in [1.54, 1.807) is 36.4 Å². The molecule has 0 saturated heterocycles. The van der Waals surface area contributed by atoms with Crippen molar-refractivity contribution >= 4 is 23.4 Å². The van der Waals surface area contributed by atoms with E-state index in [-0.39, 0.29) is 11.7 Å². The van der Waals surface area contributed by atoms with Crippen LogP contribution in [0.25, 0.3) is 0 Å². The van der Waals surface area contributed by atoms with Crippen LogP contribution < -0.4 is 10.6 Å². The van der Waals surface area contributed by atoms with Gasteiger partial charge in [0.2, 0.25) is 5.91 Å². The van der Waals surface area contributed by atoms with Gasteiger partial charge >= 0.3 is 6.03 Å². The topological polar surface area (TPSA) is 78.5 Å². The Morgan fingerprint density at radius 3 is 2.40 bits per heavy atom. The highest BCUT2D eigenvalue weighted by Crippen LogP contribution is 2.37. The molecule has 0 bridgehead atoms. The normalized spacial score (nSPS) is 16.6. The summed E-state index contributed by atoms with van der Waals surface area (Å²) in [6, 6.07) is 14.6. The number of nitrogens with one attached hydrogen (secondary N) is 2. The number of amides is 3. The predicted molar refractivity (Wildman–Crippen MR) is 94.6 cm³/mol. The number of Topliss-reactive ketones (excluding diaryl/α,β-unsaturated/α-hetero) is 1. The Morgan fingerprint density at radius 1 is 1.08 bits per heavy atom. The SMILES string of the molecule is CNC(=O)N(C)C(C(=O)c1ccccc1)C1C(=O)Nc2ccccc21. The number of nitrogens with zero attached hydrogens (tertiary/aromatic N) is 1. The standard InChI is InChI=1S/C19H19N3O3/c1-20-19(25)22(2)16(17(23)12-8-4-3-5-9-12)15-13-10-6-7-11-14(13)21-18(15)24/h3-11,15-16H,1-2H3,(H,20,25)(H,21,24). The van der Waals surface area contributed by atoms with E-state index in [0.717, 1.165) is 5.56 Å². The zero-order chi connectivity index (χ0) is 18.0. The van der Waals surface area contributed by atoms with Crippen LogP contribution in [0.1, 0.15) is 21.8 Å². The second-order valence-electron chi connectivity index (χ2n) is 5.90. The third-order valence-corrected chi connectivity index (χ3v) is 4.43. The quantitative estimate of drug-likeness (QED) is 0.840. The van der Waals surface area contributed by atoms with Crippen molar-refractivity contribution in [2.45, 2.75) is 12.0 Å². The lowest BCUT2D eigenvalue weighted by Crippen LogP contribution is -2.50. The molecule has 2 unspecified atom stereocenters. The molecule has 2 N–H and O–H groups in total. The molecular formula is C19H19N3O3. The van der Waals surface area contributed by atoms with Gasteiger partial charge in [0.05, 0.1) is 5.92 Å². The highest BCUT2D eigenvalue weighted by atomic mass is 16.2. The number of urea groups is 1. The molecule has 6 heteroatoms. The molecule has 0 radical (unpaired) electrons. The summed E-state index contributed by atoms with van der Waals surface area (Å²) in [5.41, 5.74) is 1.85. The average molecular weight is 337 g/mol. The molecule has 1 aliphatic heterocycles. The van der Waals surface area contributed by atoms with Gasteiger partial charge in [-0.2, -0.15) is 0 Å². The first-order valence-corrected chi connectivity index (χ1v) is 7.98. The molecule has 0 aliphatic carbocycles. The van der Waals surface area contributed by atoms with Gasteiger partial charge in [-0.05, 0) is 11.6 Å². The predicted octanol–water partition coefficient (Wildman–Crippen LogP) is 2.25. The number of likely N-dealkylation sites (N-methyl/N-ethyl adjacent to an activating group) is 1. The van der Waals surface area contributed by atoms with Gasteiger partial charge in [0, 0.05) is 25.3 Å². The Balaban J connectivity index is 2.07. The van der Waals surface area contributed by atoms with Crippen LogP contribution in [0.4, 0.5) is 10.5 Å². The minimum atomic E-state index is -0.939. The number of hydrogen-bond acceptors (Lipinski definition) is 3. The number of benzene rings is 2. The first-order chi connectivity index (χ1) is 12.0. The summed E-state index contributed by atoms with van der Waals surface area (Å²) < 4.78 is 0. The second-order valence-corrected chi connectivity index (χ2v) is 5.90. The number of anilines is 1. The molecule has 2 aromatic carbocycles. The summed E-state index contributed by atoms with van der Waals surface area (Å²) in [5.74, 6) is -1.32. The first-order valence-electron chi connectivity index (χ1n) is 7.98. The van der Waals surface area contributed by atoms with E-state index >= 15 is 0 Å². The van der Waals surface area contributed by atoms with Crippen molar-refractivity contribution in [1.29, 1.82) is 0 Å². The average Bonchev–Trinajstić information content (AvgIpc) is 2.97. The molecular weight excluding hydrogens is 318 g/mol. The number of rotatable bonds is 4. The highest BCUT2D eigenvalue weighted by molar-refractivity contribution is 6.11. The third kappa shape index (κ3) is 2.98. The van der Waals surface area contributed by atoms with E-state index in [9.17, 15) is 14.4 Å². The van der Waals surface area contributed by atoms with Gasteiger partial charge in [-0.1, -0.05) is 48.5 Å². The number of hydrogen-bond donors (Lipinski definition) is 2. The highest BCUT2D eigenvalue weighted by Gasteiger charge is 2.44. The first kappa shape index (κ1) is 16.7. The molecule has 128 valence electrons. The lowest BCUT2D eigenvalue weighted by molar-refractivity contribution is -0.117. The molecule has 3 amide bonds. The molecule has 0 fully saturated rings. The fraction of sp³-hybridized carbons (Fsp3) is 0.211. The van der Waals surface area contributed by atoms with Gasteiger partial charge in [0.1, 0.15) is 6.04 Å². The van der Waals surface area contributed by atoms with Gasteiger partial charge in [0.25, 0.3) is 0 Å². The van der Waals surface area contributed by atoms with Gasteiger partial charge in [-0.15, -0.1) is 0 Å². The number of para-hydroxylation sites is 1. The van der Waals surface area contributed by atoms with E-state index in [1.165, 1.54) is 19.0 Å². The summed E-state index contributed by atoms with van der Waals surface area (Å²) >= 11 is 0. The van der Waals surface area contributed by atoms with Crippen LogP contribution in [0.3, 0.4) is 0 Å². The third-order valence-electron chi connectivity index (χ3n) is 4.43. The number of carbonyl (C=O) groups is 3. The summed E-state index contributed by atoms with van der Waals surface area (Å²) in [5, 5.41) is 5.31. The minimum absolute atomic E-state index is 0.274. The molecule has 0 spiro atoms. The molecule has 2 atom stereocenters. The lowest BCUT2D eigenvalue weighted by Gasteiger charge is -2.30. The Bertz CT molecular complexity index is 820. The number of carbonyl (C=O) groups excluding carboxylic acids is 3. The monoisotopic (exact) mass is 337 g/mol. The van der Waals surface area contributed by atoms with Gasteiger partial charge in [-0.3, -0.25) is 9.59 Å². The van der Waals surface area contributed by atoms with E-state index in [4.69, 9.17) is 0 Å². The summed E-state index contributed by atoms with van der Waals surface area (Å²) in [6.45, 7) is 0. The van der Waals surface area contributed by atoms with Crippen molar-refractivity contribution in [3.63, 3.8) is 0 Å². The molecule has 0 aromatic heterocycles. The lowest BCUT2D eigenvalue weighted by atomic mass is 9.86. The largest absolute Gasteiger partial charge is 0.341 e. The minimum Gasteiger partial charge on any atom is -0.341 e. The van der Waals surface area contributed by atoms with Crippen molar-refractivity contribution < 1.29 is 14.4 Å². The maximum atomic E-state index is 13.1. The van der Waals surface area contributed by atoms with Crippen LogP contribution >= 0.6 is 0 Å². The van der Waals surface area contributed by atoms with Crippen molar-refractivity contribution in [2.24, 2.45) is 0 Å². The van der Waals surface area contributed by atoms with Crippen molar-refractivity contribution in [1.82, 2.24) is 10.2 Å². The fourth-order valence-corrected chi connectivity index (χ4v) is 3.17. The molecule has 3 rings (SSSR count). The zero-order valence-electron chi connectivity index (χ0n) is 14.0. The smallest absolute Gasteiger partial charge is 0.317 e. The van der Waals surface area contributed by atoms with Crippen LogP contribution in [-0.4, -0.2) is 42.8 Å². The van der Waals surface area contributed by atoms with Gasteiger partial charge in [0.15, 0.2) is 5.78 Å². The molecule has 0 saturated carbocycles. The zero-order valence-corrected chi connectivity index (χ0v) is 14.0. The van der Waals surface area contributed by atoms with Crippen LogP contribution in [0.2, 0.25) is 0 Å². The summed E-state index contributed by atoms with van der Waals surface area (Å²) in [6.07, 6.45) is 0. The molecule has 6 nitrogen and oxygen atoms in total. The van der Waals surface area contributed by atoms with Crippen molar-refractivity contribution in [3.8, 4) is 0 Å². The number of ketones is 1. The van der Waals surface area contributed by atoms with E-state index in [0.29, 0.717) is 11.3 Å². The van der Waals surface area contributed by atoms with Gasteiger partial charge < -0.3 is 15.5 Å². The summed E-state index contributed by atoms with van der Waals surface area (Å²) in [4.78, 5) is 39.2. The van der Waals surface area contributed by atoms with Crippen LogP contribution in [0.15, 0.2) is 54.6 Å². The number of fused-ring (bicyclic) bond motifs is 1. The molecule has 1 heterocycles. The Labute approximate surface area is 145 Å². The van der Waals surface area contributed by atoms with Crippen LogP contribution in [-0.2, 0) is 4.79 Å². The van der Waals surface area contributed by atoms with Crippen molar-refractivity contribution in [2.75, 3.05) is 19.4 Å². The molecule has 25 heavy (non-hydrogen) atoms. The molecule has 1 aliphatic rings. The Morgan fingerprint density at radius 2 is 1.72 bits per heavy atom. The Hall–Kier alpha value is -3.15. The van der Waals surface area contributed by atoms with E-state index < -0.39 is 18.0 Å².